The topological polar surface area (TPSA) is 240 Å². The first-order chi connectivity index (χ1) is 16.9. The molecule has 0 radical (unpaired) electrons. The van der Waals surface area contributed by atoms with Crippen molar-refractivity contribution in [3.05, 3.63) is 34.8 Å². The fraction of sp³-hybridized carbons (Fsp3) is 0.500. The summed E-state index contributed by atoms with van der Waals surface area (Å²) < 4.78 is 34.2. The second kappa shape index (κ2) is 9.36. The molecule has 16 nitrogen and oxygen atoms in total. The van der Waals surface area contributed by atoms with E-state index in [0.717, 1.165) is 11.8 Å². The van der Waals surface area contributed by atoms with E-state index in [1.165, 1.54) is 10.2 Å². The number of carbonyl (C=O) groups excluding carboxylic acids is 1. The van der Waals surface area contributed by atoms with Crippen molar-refractivity contribution in [3.63, 3.8) is 0 Å². The van der Waals surface area contributed by atoms with Gasteiger partial charge < -0.3 is 32.0 Å². The van der Waals surface area contributed by atoms with E-state index in [-0.39, 0.29) is 43.0 Å². The largest absolute Gasteiger partial charge is 0.478 e. The van der Waals surface area contributed by atoms with Crippen molar-refractivity contribution in [3.8, 4) is 0 Å². The molecule has 2 aliphatic heterocycles. The monoisotopic (exact) mass is 543 g/mol. The van der Waals surface area contributed by atoms with Crippen LogP contribution in [0.2, 0.25) is 0 Å². The molecule has 0 bridgehead atoms. The van der Waals surface area contributed by atoms with Crippen LogP contribution in [0.25, 0.3) is 0 Å². The van der Waals surface area contributed by atoms with Gasteiger partial charge in [-0.15, -0.1) is 0 Å². The van der Waals surface area contributed by atoms with Gasteiger partial charge in [-0.1, -0.05) is 23.5 Å². The molecule has 1 aromatic heterocycles. The fourth-order valence-electron chi connectivity index (χ4n) is 3.71. The average molecular weight is 544 g/mol. The Kier molecular flexibility index (Phi) is 6.73. The molecule has 4 rings (SSSR count). The molecular weight excluding hydrogens is 518 g/mol. The second-order valence-corrected chi connectivity index (χ2v) is 10.6. The molecule has 36 heavy (non-hydrogen) atoms. The molecule has 18 heteroatoms. The van der Waals surface area contributed by atoms with E-state index in [2.05, 4.69) is 32.6 Å². The van der Waals surface area contributed by atoms with E-state index in [4.69, 9.17) is 16.3 Å². The van der Waals surface area contributed by atoms with E-state index in [0.29, 0.717) is 15.7 Å². The number of aliphatic carboxylic acids is 1. The van der Waals surface area contributed by atoms with Crippen LogP contribution in [0.1, 0.15) is 24.2 Å². The normalized spacial score (nSPS) is 25.1. The van der Waals surface area contributed by atoms with Crippen molar-refractivity contribution in [2.75, 3.05) is 0 Å². The minimum Gasteiger partial charge on any atom is -0.478 e. The Morgan fingerprint density at radius 2 is 2.14 bits per heavy atom. The maximum absolute atomic E-state index is 13.2. The maximum Gasteiger partial charge on any atom is 0.360 e. The van der Waals surface area contributed by atoms with E-state index in [9.17, 15) is 27.7 Å². The zero-order valence-electron chi connectivity index (χ0n) is 19.0. The van der Waals surface area contributed by atoms with Crippen LogP contribution in [0.5, 0.6) is 0 Å². The number of nitrogens with one attached hydrogen (secondary N) is 2. The molecule has 0 aromatic carbocycles. The van der Waals surface area contributed by atoms with E-state index in [1.54, 1.807) is 6.92 Å². The SMILES string of the molecule is C=C1C(NC(=O)/C(=N\OC2(C(=O)O)CC2)C2=CSC(N)N2)C(Cn2nc(C)c(CN)n2)N1S(=O)(=O)O. The summed E-state index contributed by atoms with van der Waals surface area (Å²) in [5, 5.41) is 28.5. The molecule has 1 saturated carbocycles. The van der Waals surface area contributed by atoms with Gasteiger partial charge in [-0.25, -0.2) is 9.10 Å². The molecule has 2 fully saturated rings. The third kappa shape index (κ3) is 4.89. The molecule has 8 N–H and O–H groups in total. The summed E-state index contributed by atoms with van der Waals surface area (Å²) in [6, 6.07) is -2.01. The first-order valence-electron chi connectivity index (χ1n) is 10.6. The lowest BCUT2D eigenvalue weighted by Gasteiger charge is -2.48. The average Bonchev–Trinajstić information content (AvgIpc) is 3.34. The van der Waals surface area contributed by atoms with Gasteiger partial charge in [-0.2, -0.15) is 23.4 Å². The van der Waals surface area contributed by atoms with Crippen molar-refractivity contribution in [2.24, 2.45) is 16.6 Å². The quantitative estimate of drug-likeness (QED) is 0.106. The van der Waals surface area contributed by atoms with Crippen molar-refractivity contribution >= 4 is 39.7 Å². The number of carboxylic acid groups (broad SMARTS) is 1. The van der Waals surface area contributed by atoms with Gasteiger partial charge in [-0.3, -0.25) is 9.35 Å². The second-order valence-electron chi connectivity index (χ2n) is 8.34. The first kappa shape index (κ1) is 25.9. The molecule has 1 aromatic rings. The highest BCUT2D eigenvalue weighted by Gasteiger charge is 2.55. The Morgan fingerprint density at radius 3 is 2.64 bits per heavy atom. The molecule has 1 saturated heterocycles. The number of thioether (sulfide) groups is 1. The Balaban J connectivity index is 1.57. The molecule has 0 spiro atoms. The molecule has 196 valence electrons. The Bertz CT molecular complexity index is 1270. The van der Waals surface area contributed by atoms with Crippen molar-refractivity contribution in [1.82, 2.24) is 29.9 Å². The number of nitrogens with two attached hydrogens (primary N) is 2. The molecule has 1 amide bonds. The number of carboxylic acids is 1. The van der Waals surface area contributed by atoms with Crippen LogP contribution in [0.15, 0.2) is 28.5 Å². The lowest BCUT2D eigenvalue weighted by Crippen LogP contribution is -2.67. The smallest absolute Gasteiger partial charge is 0.360 e. The van der Waals surface area contributed by atoms with Crippen LogP contribution in [0, 0.1) is 6.92 Å². The number of hydrogen-bond donors (Lipinski definition) is 6. The fourth-order valence-corrected chi connectivity index (χ4v) is 5.30. The highest BCUT2D eigenvalue weighted by Crippen LogP contribution is 2.40. The van der Waals surface area contributed by atoms with Gasteiger partial charge >= 0.3 is 16.3 Å². The summed E-state index contributed by atoms with van der Waals surface area (Å²) in [6.07, 6.45) is 0.459. The third-order valence-corrected chi connectivity index (χ3v) is 7.62. The predicted molar refractivity (Wildman–Crippen MR) is 126 cm³/mol. The summed E-state index contributed by atoms with van der Waals surface area (Å²) in [5.41, 5.74) is 10.2. The lowest BCUT2D eigenvalue weighted by atomic mass is 9.95. The molecule has 3 atom stereocenters. The molecular formula is C18H25N9O7S2. The number of rotatable bonds is 10. The van der Waals surface area contributed by atoms with E-state index >= 15 is 0 Å². The number of amides is 1. The molecule has 3 aliphatic rings. The van der Waals surface area contributed by atoms with Crippen LogP contribution in [0.3, 0.4) is 0 Å². The van der Waals surface area contributed by atoms with Crippen LogP contribution in [-0.4, -0.2) is 78.1 Å². The van der Waals surface area contributed by atoms with Crippen molar-refractivity contribution < 1.29 is 32.5 Å². The number of aromatic nitrogens is 3. The zero-order chi connectivity index (χ0) is 26.4. The summed E-state index contributed by atoms with van der Waals surface area (Å²) in [5.74, 6) is -2.02. The van der Waals surface area contributed by atoms with Gasteiger partial charge in [0, 0.05) is 30.5 Å². The molecule has 3 heterocycles. The summed E-state index contributed by atoms with van der Waals surface area (Å²) >= 11 is 1.16. The van der Waals surface area contributed by atoms with Gasteiger partial charge in [-0.05, 0) is 6.92 Å². The van der Waals surface area contributed by atoms with Gasteiger partial charge in [0.1, 0.15) is 5.50 Å². The molecule has 3 unspecified atom stereocenters. The van der Waals surface area contributed by atoms with Gasteiger partial charge in [0.2, 0.25) is 5.60 Å². The Hall–Kier alpha value is -3.19. The number of oxime groups is 1. The summed E-state index contributed by atoms with van der Waals surface area (Å²) in [6.45, 7) is 5.32. The minimum absolute atomic E-state index is 0.109. The highest BCUT2D eigenvalue weighted by atomic mass is 32.2. The van der Waals surface area contributed by atoms with Gasteiger partial charge in [0.25, 0.3) is 5.91 Å². The van der Waals surface area contributed by atoms with Gasteiger partial charge in [0.15, 0.2) is 5.71 Å². The number of aryl methyl sites for hydroxylation is 1. The van der Waals surface area contributed by atoms with Crippen LogP contribution in [0.4, 0.5) is 0 Å². The van der Waals surface area contributed by atoms with Crippen LogP contribution in [-0.2, 0) is 37.8 Å². The number of nitrogens with zero attached hydrogens (tertiary/aromatic N) is 5. The Labute approximate surface area is 209 Å². The van der Waals surface area contributed by atoms with Crippen LogP contribution >= 0.6 is 11.8 Å². The third-order valence-electron chi connectivity index (χ3n) is 5.83. The van der Waals surface area contributed by atoms with Crippen LogP contribution < -0.4 is 22.1 Å². The Morgan fingerprint density at radius 1 is 1.44 bits per heavy atom. The highest BCUT2D eigenvalue weighted by molar-refractivity contribution is 8.02. The lowest BCUT2D eigenvalue weighted by molar-refractivity contribution is -0.153. The standard InChI is InChI=1S/C18H25N9O7S2/c1-8-10(5-19)24-26(23-8)6-12-13(9(2)27(12)36(31,32)33)22-15(28)14(11-7-35-17(20)21-11)25-34-18(3-4-18)16(29)30/h7,12-13,17,21H,2-6,19-20H2,1H3,(H,22,28)(H,29,30)(H,31,32,33)/b25-14-. The zero-order valence-corrected chi connectivity index (χ0v) is 20.6. The predicted octanol–water partition coefficient (Wildman–Crippen LogP) is -2.06. The minimum atomic E-state index is -4.71. The van der Waals surface area contributed by atoms with E-state index in [1.807, 2.05) is 0 Å². The number of carbonyl (C=O) groups is 2. The van der Waals surface area contributed by atoms with Crippen molar-refractivity contribution in [1.29, 1.82) is 0 Å². The van der Waals surface area contributed by atoms with Gasteiger partial charge in [0.05, 0.1) is 35.7 Å². The van der Waals surface area contributed by atoms with Crippen molar-refractivity contribution in [2.45, 2.75) is 56.0 Å². The summed E-state index contributed by atoms with van der Waals surface area (Å²) in [4.78, 5) is 31.1. The molecule has 1 aliphatic carbocycles. The summed E-state index contributed by atoms with van der Waals surface area (Å²) in [7, 11) is -4.71. The first-order valence-corrected chi connectivity index (χ1v) is 12.9. The van der Waals surface area contributed by atoms with E-state index < -0.39 is 45.4 Å². The number of hydrogen-bond acceptors (Lipinski definition) is 12. The maximum atomic E-state index is 13.2.